The van der Waals surface area contributed by atoms with Gasteiger partial charge >= 0.3 is 0 Å². The number of rotatable bonds is 3. The molecule has 80 valence electrons. The molecule has 0 radical (unpaired) electrons. The summed E-state index contributed by atoms with van der Waals surface area (Å²) in [5.74, 6) is 5.87. The SMILES string of the molecule is CC#CCCC(N)c1cccc(C)c1Cl. The summed E-state index contributed by atoms with van der Waals surface area (Å²) >= 11 is 6.18. The molecule has 1 aromatic rings. The van der Waals surface area contributed by atoms with E-state index in [1.165, 1.54) is 0 Å². The van der Waals surface area contributed by atoms with Gasteiger partial charge in [-0.15, -0.1) is 11.8 Å². The Balaban J connectivity index is 2.76. The van der Waals surface area contributed by atoms with Crippen molar-refractivity contribution in [3.8, 4) is 11.8 Å². The minimum absolute atomic E-state index is 0.0155. The standard InChI is InChI=1S/C13H16ClN/c1-3-4-5-9-12(15)11-8-6-7-10(2)13(11)14/h6-8,12H,5,9,15H2,1-2H3. The Morgan fingerprint density at radius 2 is 2.20 bits per heavy atom. The molecule has 1 unspecified atom stereocenters. The Kier molecular flexibility index (Phi) is 4.68. The summed E-state index contributed by atoms with van der Waals surface area (Å²) in [6.45, 7) is 3.83. The normalized spacial score (nSPS) is 11.7. The van der Waals surface area contributed by atoms with Gasteiger partial charge in [0, 0.05) is 17.5 Å². The summed E-state index contributed by atoms with van der Waals surface area (Å²) in [7, 11) is 0. The van der Waals surface area contributed by atoms with Gasteiger partial charge in [0.2, 0.25) is 0 Å². The van der Waals surface area contributed by atoms with E-state index in [2.05, 4.69) is 11.8 Å². The summed E-state index contributed by atoms with van der Waals surface area (Å²) in [5, 5.41) is 0.787. The first kappa shape index (κ1) is 12.1. The lowest BCUT2D eigenvalue weighted by molar-refractivity contribution is 0.667. The largest absolute Gasteiger partial charge is 0.324 e. The monoisotopic (exact) mass is 221 g/mol. The van der Waals surface area contributed by atoms with Crippen LogP contribution in [0.1, 0.15) is 36.9 Å². The lowest BCUT2D eigenvalue weighted by Crippen LogP contribution is -2.10. The Morgan fingerprint density at radius 1 is 1.47 bits per heavy atom. The quantitative estimate of drug-likeness (QED) is 0.778. The second-order valence-electron chi connectivity index (χ2n) is 3.55. The van der Waals surface area contributed by atoms with Crippen molar-refractivity contribution in [2.45, 2.75) is 32.7 Å². The zero-order chi connectivity index (χ0) is 11.3. The van der Waals surface area contributed by atoms with E-state index in [1.54, 1.807) is 0 Å². The molecule has 0 heterocycles. The maximum Gasteiger partial charge on any atom is 0.0482 e. The summed E-state index contributed by atoms with van der Waals surface area (Å²) in [6.07, 6.45) is 1.67. The highest BCUT2D eigenvalue weighted by atomic mass is 35.5. The first-order valence-corrected chi connectivity index (χ1v) is 5.44. The second kappa shape index (κ2) is 5.80. The van der Waals surface area contributed by atoms with E-state index >= 15 is 0 Å². The van der Waals surface area contributed by atoms with E-state index in [1.807, 2.05) is 32.0 Å². The van der Waals surface area contributed by atoms with Crippen molar-refractivity contribution in [1.29, 1.82) is 0 Å². The van der Waals surface area contributed by atoms with Crippen LogP contribution >= 0.6 is 11.6 Å². The molecule has 1 nitrogen and oxygen atoms in total. The smallest absolute Gasteiger partial charge is 0.0482 e. The Labute approximate surface area is 96.6 Å². The predicted octanol–water partition coefficient (Wildman–Crippen LogP) is 3.45. The average molecular weight is 222 g/mol. The maximum atomic E-state index is 6.18. The van der Waals surface area contributed by atoms with Gasteiger partial charge in [-0.3, -0.25) is 0 Å². The van der Waals surface area contributed by atoms with Gasteiger partial charge < -0.3 is 5.73 Å². The van der Waals surface area contributed by atoms with Crippen molar-refractivity contribution < 1.29 is 0 Å². The molecule has 0 bridgehead atoms. The second-order valence-corrected chi connectivity index (χ2v) is 3.93. The van der Waals surface area contributed by atoms with E-state index in [4.69, 9.17) is 17.3 Å². The lowest BCUT2D eigenvalue weighted by atomic mass is 10.0. The zero-order valence-corrected chi connectivity index (χ0v) is 9.93. The summed E-state index contributed by atoms with van der Waals surface area (Å²) in [6, 6.07) is 5.95. The molecule has 1 aromatic carbocycles. The number of aryl methyl sites for hydroxylation is 1. The third-order valence-electron chi connectivity index (χ3n) is 2.38. The summed E-state index contributed by atoms with van der Waals surface area (Å²) in [5.41, 5.74) is 8.15. The molecule has 0 aliphatic carbocycles. The number of halogens is 1. The predicted molar refractivity (Wildman–Crippen MR) is 65.8 cm³/mol. The molecule has 0 aromatic heterocycles. The minimum Gasteiger partial charge on any atom is -0.324 e. The number of nitrogens with two attached hydrogens (primary N) is 1. The van der Waals surface area contributed by atoms with Crippen LogP contribution in [0.4, 0.5) is 0 Å². The molecule has 0 saturated heterocycles. The molecule has 1 atom stereocenters. The van der Waals surface area contributed by atoms with E-state index in [0.717, 1.165) is 29.0 Å². The first-order valence-electron chi connectivity index (χ1n) is 5.07. The van der Waals surface area contributed by atoms with E-state index in [0.29, 0.717) is 0 Å². The number of hydrogen-bond donors (Lipinski definition) is 1. The van der Waals surface area contributed by atoms with Gasteiger partial charge in [0.15, 0.2) is 0 Å². The molecule has 0 aliphatic heterocycles. The highest BCUT2D eigenvalue weighted by molar-refractivity contribution is 6.32. The number of benzene rings is 1. The van der Waals surface area contributed by atoms with Gasteiger partial charge in [0.25, 0.3) is 0 Å². The lowest BCUT2D eigenvalue weighted by Gasteiger charge is -2.13. The third kappa shape index (κ3) is 3.27. The van der Waals surface area contributed by atoms with Gasteiger partial charge in [-0.2, -0.15) is 0 Å². The van der Waals surface area contributed by atoms with Gasteiger partial charge in [-0.1, -0.05) is 29.8 Å². The van der Waals surface area contributed by atoms with Crippen molar-refractivity contribution in [1.82, 2.24) is 0 Å². The highest BCUT2D eigenvalue weighted by Gasteiger charge is 2.10. The van der Waals surface area contributed by atoms with Crippen molar-refractivity contribution in [3.63, 3.8) is 0 Å². The van der Waals surface area contributed by atoms with Gasteiger partial charge in [0.1, 0.15) is 0 Å². The zero-order valence-electron chi connectivity index (χ0n) is 9.18. The summed E-state index contributed by atoms with van der Waals surface area (Å²) in [4.78, 5) is 0. The molecule has 2 heteroatoms. The molecular weight excluding hydrogens is 206 g/mol. The van der Waals surface area contributed by atoms with E-state index in [-0.39, 0.29) is 6.04 Å². The van der Waals surface area contributed by atoms with Crippen molar-refractivity contribution in [2.75, 3.05) is 0 Å². The van der Waals surface area contributed by atoms with Crippen molar-refractivity contribution in [2.24, 2.45) is 5.73 Å². The molecule has 0 saturated carbocycles. The Morgan fingerprint density at radius 3 is 2.87 bits per heavy atom. The van der Waals surface area contributed by atoms with Crippen LogP contribution in [0.3, 0.4) is 0 Å². The minimum atomic E-state index is -0.0155. The van der Waals surface area contributed by atoms with Crippen LogP contribution in [0.25, 0.3) is 0 Å². The Bertz CT molecular complexity index is 387. The van der Waals surface area contributed by atoms with Gasteiger partial charge in [-0.05, 0) is 31.4 Å². The molecule has 15 heavy (non-hydrogen) atoms. The van der Waals surface area contributed by atoms with Crippen LogP contribution in [0.5, 0.6) is 0 Å². The summed E-state index contributed by atoms with van der Waals surface area (Å²) < 4.78 is 0. The van der Waals surface area contributed by atoms with Gasteiger partial charge in [0.05, 0.1) is 0 Å². The average Bonchev–Trinajstić information content (AvgIpc) is 2.22. The number of hydrogen-bond acceptors (Lipinski definition) is 1. The van der Waals surface area contributed by atoms with Crippen molar-refractivity contribution >= 4 is 11.6 Å². The van der Waals surface area contributed by atoms with Gasteiger partial charge in [-0.25, -0.2) is 0 Å². The van der Waals surface area contributed by atoms with Crippen LogP contribution in [0.15, 0.2) is 18.2 Å². The molecule has 0 amide bonds. The molecule has 1 rings (SSSR count). The van der Waals surface area contributed by atoms with Crippen LogP contribution in [0.2, 0.25) is 5.02 Å². The van der Waals surface area contributed by atoms with E-state index < -0.39 is 0 Å². The van der Waals surface area contributed by atoms with Crippen molar-refractivity contribution in [3.05, 3.63) is 34.3 Å². The molecule has 0 spiro atoms. The molecule has 0 aliphatic rings. The molecule has 0 fully saturated rings. The highest BCUT2D eigenvalue weighted by Crippen LogP contribution is 2.26. The fourth-order valence-corrected chi connectivity index (χ4v) is 1.73. The van der Waals surface area contributed by atoms with Crippen LogP contribution < -0.4 is 5.73 Å². The van der Waals surface area contributed by atoms with Crippen LogP contribution in [-0.4, -0.2) is 0 Å². The molecule has 2 N–H and O–H groups in total. The molecular formula is C13H16ClN. The van der Waals surface area contributed by atoms with Crippen LogP contribution in [-0.2, 0) is 0 Å². The third-order valence-corrected chi connectivity index (χ3v) is 2.89. The fourth-order valence-electron chi connectivity index (χ4n) is 1.46. The Hall–Kier alpha value is -0.970. The fraction of sp³-hybridized carbons (Fsp3) is 0.385. The van der Waals surface area contributed by atoms with E-state index in [9.17, 15) is 0 Å². The topological polar surface area (TPSA) is 26.0 Å². The maximum absolute atomic E-state index is 6.18. The first-order chi connectivity index (χ1) is 7.16. The van der Waals surface area contributed by atoms with Crippen LogP contribution in [0, 0.1) is 18.8 Å².